The topological polar surface area (TPSA) is 78.9 Å². The summed E-state index contributed by atoms with van der Waals surface area (Å²) in [5, 5.41) is 11.6. The Labute approximate surface area is 123 Å². The summed E-state index contributed by atoms with van der Waals surface area (Å²) in [6.45, 7) is 7.86. The van der Waals surface area contributed by atoms with Gasteiger partial charge in [-0.3, -0.25) is 0 Å². The molecule has 0 radical (unpaired) electrons. The molecule has 0 bridgehead atoms. The molecule has 1 rings (SSSR count). The SMILES string of the molecule is C=CCN(CC=C)C(=O)Nc1cc(C(=O)O)ccc1OC. The van der Waals surface area contributed by atoms with Crippen LogP contribution in [0.5, 0.6) is 5.75 Å². The van der Waals surface area contributed by atoms with E-state index in [1.165, 1.54) is 30.2 Å². The molecule has 1 aromatic carbocycles. The van der Waals surface area contributed by atoms with Crippen LogP contribution in [0.1, 0.15) is 10.4 Å². The first-order valence-corrected chi connectivity index (χ1v) is 6.22. The Bertz CT molecular complexity index is 545. The van der Waals surface area contributed by atoms with Gasteiger partial charge in [0.25, 0.3) is 0 Å². The fraction of sp³-hybridized carbons (Fsp3) is 0.200. The maximum atomic E-state index is 12.2. The van der Waals surface area contributed by atoms with E-state index in [0.29, 0.717) is 24.5 Å². The zero-order valence-electron chi connectivity index (χ0n) is 11.8. The first kappa shape index (κ1) is 16.3. The highest BCUT2D eigenvalue weighted by molar-refractivity contribution is 5.95. The van der Waals surface area contributed by atoms with E-state index in [0.717, 1.165) is 0 Å². The van der Waals surface area contributed by atoms with E-state index < -0.39 is 12.0 Å². The normalized spacial score (nSPS) is 9.57. The van der Waals surface area contributed by atoms with E-state index in [1.807, 2.05) is 0 Å². The third kappa shape index (κ3) is 4.38. The maximum Gasteiger partial charge on any atom is 0.335 e. The van der Waals surface area contributed by atoms with Crippen molar-refractivity contribution in [1.29, 1.82) is 0 Å². The van der Waals surface area contributed by atoms with Gasteiger partial charge in [0.2, 0.25) is 0 Å². The molecule has 0 aromatic heterocycles. The Hall–Kier alpha value is -2.76. The van der Waals surface area contributed by atoms with Crippen molar-refractivity contribution in [3.63, 3.8) is 0 Å². The van der Waals surface area contributed by atoms with E-state index in [9.17, 15) is 9.59 Å². The third-order valence-electron chi connectivity index (χ3n) is 2.67. The summed E-state index contributed by atoms with van der Waals surface area (Å²) in [4.78, 5) is 24.6. The van der Waals surface area contributed by atoms with Crippen molar-refractivity contribution in [2.75, 3.05) is 25.5 Å². The molecule has 112 valence electrons. The predicted molar refractivity (Wildman–Crippen MR) is 80.9 cm³/mol. The largest absolute Gasteiger partial charge is 0.495 e. The van der Waals surface area contributed by atoms with Crippen molar-refractivity contribution >= 4 is 17.7 Å². The molecule has 0 fully saturated rings. The molecular weight excluding hydrogens is 272 g/mol. The molecule has 6 nitrogen and oxygen atoms in total. The lowest BCUT2D eigenvalue weighted by Crippen LogP contribution is -2.35. The van der Waals surface area contributed by atoms with Crippen molar-refractivity contribution in [2.24, 2.45) is 0 Å². The van der Waals surface area contributed by atoms with Crippen LogP contribution < -0.4 is 10.1 Å². The summed E-state index contributed by atoms with van der Waals surface area (Å²) in [7, 11) is 1.44. The second kappa shape index (κ2) is 7.74. The standard InChI is InChI=1S/C15H18N2O4/c1-4-8-17(9-5-2)15(20)16-12-10-11(14(18)19)6-7-13(12)21-3/h4-7,10H,1-2,8-9H2,3H3,(H,16,20)(H,18,19). The zero-order valence-corrected chi connectivity index (χ0v) is 11.8. The number of carboxylic acids is 1. The Kier molecular flexibility index (Phi) is 6.00. The van der Waals surface area contributed by atoms with Crippen LogP contribution in [0.15, 0.2) is 43.5 Å². The van der Waals surface area contributed by atoms with Gasteiger partial charge in [-0.1, -0.05) is 12.2 Å². The van der Waals surface area contributed by atoms with Crippen molar-refractivity contribution < 1.29 is 19.4 Å². The summed E-state index contributed by atoms with van der Waals surface area (Å²) < 4.78 is 5.11. The molecule has 6 heteroatoms. The minimum absolute atomic E-state index is 0.0603. The molecule has 0 aliphatic rings. The van der Waals surface area contributed by atoms with Crippen LogP contribution in [0.4, 0.5) is 10.5 Å². The molecule has 0 saturated carbocycles. The van der Waals surface area contributed by atoms with Crippen molar-refractivity contribution in [3.05, 3.63) is 49.1 Å². The monoisotopic (exact) mass is 290 g/mol. The number of methoxy groups -OCH3 is 1. The number of urea groups is 1. The average Bonchev–Trinajstić information content (AvgIpc) is 2.46. The van der Waals surface area contributed by atoms with Gasteiger partial charge in [-0.25, -0.2) is 9.59 Å². The molecule has 0 heterocycles. The second-order valence-electron chi connectivity index (χ2n) is 4.13. The van der Waals surface area contributed by atoms with Crippen LogP contribution in [0.25, 0.3) is 0 Å². The summed E-state index contributed by atoms with van der Waals surface area (Å²) in [5.41, 5.74) is 0.352. The number of amides is 2. The van der Waals surface area contributed by atoms with Gasteiger partial charge in [0.05, 0.1) is 18.4 Å². The van der Waals surface area contributed by atoms with E-state index in [2.05, 4.69) is 18.5 Å². The van der Waals surface area contributed by atoms with Crippen LogP contribution in [0.2, 0.25) is 0 Å². The van der Waals surface area contributed by atoms with Crippen LogP contribution in [0, 0.1) is 0 Å². The van der Waals surface area contributed by atoms with Crippen LogP contribution in [0.3, 0.4) is 0 Å². The van der Waals surface area contributed by atoms with Crippen molar-refractivity contribution in [1.82, 2.24) is 4.90 Å². The number of ether oxygens (including phenoxy) is 1. The number of anilines is 1. The number of aromatic carboxylic acids is 1. The first-order valence-electron chi connectivity index (χ1n) is 6.22. The van der Waals surface area contributed by atoms with Crippen molar-refractivity contribution in [3.8, 4) is 5.75 Å². The molecule has 0 atom stereocenters. The predicted octanol–water partition coefficient (Wildman–Crippen LogP) is 2.60. The number of nitrogens with one attached hydrogen (secondary N) is 1. The average molecular weight is 290 g/mol. The van der Waals surface area contributed by atoms with Gasteiger partial charge < -0.3 is 20.1 Å². The van der Waals surface area contributed by atoms with E-state index in [1.54, 1.807) is 12.2 Å². The Morgan fingerprint density at radius 3 is 2.43 bits per heavy atom. The maximum absolute atomic E-state index is 12.2. The Morgan fingerprint density at radius 2 is 1.95 bits per heavy atom. The summed E-state index contributed by atoms with van der Waals surface area (Å²) in [6, 6.07) is 3.85. The highest BCUT2D eigenvalue weighted by Crippen LogP contribution is 2.25. The smallest absolute Gasteiger partial charge is 0.335 e. The number of rotatable bonds is 7. The molecular formula is C15H18N2O4. The van der Waals surface area contributed by atoms with E-state index in [4.69, 9.17) is 9.84 Å². The van der Waals surface area contributed by atoms with Crippen molar-refractivity contribution in [2.45, 2.75) is 0 Å². The summed E-state index contributed by atoms with van der Waals surface area (Å²) in [5.74, 6) is -0.701. The summed E-state index contributed by atoms with van der Waals surface area (Å²) in [6.07, 6.45) is 3.18. The van der Waals surface area contributed by atoms with Crippen LogP contribution in [-0.2, 0) is 0 Å². The number of hydrogen-bond donors (Lipinski definition) is 2. The molecule has 1 aromatic rings. The second-order valence-corrected chi connectivity index (χ2v) is 4.13. The summed E-state index contributed by atoms with van der Waals surface area (Å²) >= 11 is 0. The quantitative estimate of drug-likeness (QED) is 0.756. The molecule has 21 heavy (non-hydrogen) atoms. The van der Waals surface area contributed by atoms with E-state index >= 15 is 0 Å². The molecule has 0 saturated heterocycles. The molecule has 2 N–H and O–H groups in total. The number of benzene rings is 1. The Morgan fingerprint density at radius 1 is 1.33 bits per heavy atom. The lowest BCUT2D eigenvalue weighted by atomic mass is 10.2. The van der Waals surface area contributed by atoms with Gasteiger partial charge in [-0.15, -0.1) is 13.2 Å². The van der Waals surface area contributed by atoms with Gasteiger partial charge in [0.1, 0.15) is 5.75 Å². The van der Waals surface area contributed by atoms with E-state index in [-0.39, 0.29) is 5.56 Å². The zero-order chi connectivity index (χ0) is 15.8. The fourth-order valence-electron chi connectivity index (χ4n) is 1.68. The molecule has 2 amide bonds. The Balaban J connectivity index is 3.00. The molecule has 0 unspecified atom stereocenters. The molecule has 0 spiro atoms. The van der Waals surface area contributed by atoms with Gasteiger partial charge in [-0.2, -0.15) is 0 Å². The number of carbonyl (C=O) groups is 2. The van der Waals surface area contributed by atoms with Gasteiger partial charge in [0.15, 0.2) is 0 Å². The van der Waals surface area contributed by atoms with Crippen LogP contribution >= 0.6 is 0 Å². The number of carbonyl (C=O) groups excluding carboxylic acids is 1. The van der Waals surface area contributed by atoms with Gasteiger partial charge >= 0.3 is 12.0 Å². The lowest BCUT2D eigenvalue weighted by molar-refractivity contribution is 0.0697. The highest BCUT2D eigenvalue weighted by Gasteiger charge is 2.15. The van der Waals surface area contributed by atoms with Crippen LogP contribution in [-0.4, -0.2) is 42.2 Å². The molecule has 0 aliphatic heterocycles. The molecule has 0 aliphatic carbocycles. The minimum atomic E-state index is -1.08. The van der Waals surface area contributed by atoms with Gasteiger partial charge in [-0.05, 0) is 18.2 Å². The highest BCUT2D eigenvalue weighted by atomic mass is 16.5. The number of nitrogens with zero attached hydrogens (tertiary/aromatic N) is 1. The minimum Gasteiger partial charge on any atom is -0.495 e. The van der Waals surface area contributed by atoms with Gasteiger partial charge in [0, 0.05) is 13.1 Å². The third-order valence-corrected chi connectivity index (χ3v) is 2.67. The lowest BCUT2D eigenvalue weighted by Gasteiger charge is -2.20. The number of carboxylic acid groups (broad SMARTS) is 1. The first-order chi connectivity index (χ1) is 10.0. The fourth-order valence-corrected chi connectivity index (χ4v) is 1.68. The number of hydrogen-bond acceptors (Lipinski definition) is 3.